The Kier molecular flexibility index (Phi) is 4.26. The maximum absolute atomic E-state index is 13.0. The second-order valence-electron chi connectivity index (χ2n) is 6.72. The Bertz CT molecular complexity index is 837. The highest BCUT2D eigenvalue weighted by Gasteiger charge is 2.66. The maximum Gasteiger partial charge on any atom is 0.182 e. The van der Waals surface area contributed by atoms with Crippen molar-refractivity contribution in [3.63, 3.8) is 0 Å². The van der Waals surface area contributed by atoms with Crippen molar-refractivity contribution in [2.45, 2.75) is 30.8 Å². The minimum absolute atomic E-state index is 0.0608. The average molecular weight is 358 g/mol. The van der Waals surface area contributed by atoms with E-state index in [0.717, 1.165) is 0 Å². The van der Waals surface area contributed by atoms with E-state index in [4.69, 9.17) is 11.2 Å². The fourth-order valence-corrected chi connectivity index (χ4v) is 3.90. The number of terminal acetylenes is 1. The summed E-state index contributed by atoms with van der Waals surface area (Å²) in [6.45, 7) is 3.09. The second-order valence-corrected chi connectivity index (χ2v) is 7.20. The van der Waals surface area contributed by atoms with Crippen LogP contribution in [0.4, 0.5) is 0 Å². The van der Waals surface area contributed by atoms with Gasteiger partial charge in [-0.25, -0.2) is 0 Å². The molecule has 3 rings (SSSR count). The molecule has 0 aliphatic heterocycles. The van der Waals surface area contributed by atoms with Crippen LogP contribution in [0.5, 0.6) is 5.75 Å². The van der Waals surface area contributed by atoms with Crippen LogP contribution in [0.2, 0.25) is 0 Å². The molecule has 0 saturated heterocycles. The zero-order chi connectivity index (χ0) is 18.5. The van der Waals surface area contributed by atoms with Crippen molar-refractivity contribution < 1.29 is 24.2 Å². The molecule has 2 saturated carbocycles. The number of fused-ring (bicyclic) bond motifs is 1. The zero-order valence-electron chi connectivity index (χ0n) is 13.9. The lowest BCUT2D eigenvalue weighted by Gasteiger charge is -2.34. The Morgan fingerprint density at radius 3 is 2.80 bits per heavy atom. The van der Waals surface area contributed by atoms with Crippen molar-refractivity contribution in [1.82, 2.24) is 0 Å². The van der Waals surface area contributed by atoms with Gasteiger partial charge in [-0.2, -0.15) is 0 Å². The SMILES string of the molecule is C#CCOC1(C)C(=O)C(C(=O)c2ccc(S)c(O)c2C)C(=O)C2CC21. The van der Waals surface area contributed by atoms with Gasteiger partial charge in [0.2, 0.25) is 0 Å². The molecule has 0 amide bonds. The third kappa shape index (κ3) is 2.59. The molecule has 4 unspecified atom stereocenters. The molecular formula is C19H18O5S. The molecule has 0 bridgehead atoms. The normalized spacial score (nSPS) is 30.6. The van der Waals surface area contributed by atoms with Crippen molar-refractivity contribution in [2.75, 3.05) is 6.61 Å². The standard InChI is InChI=1S/C19H18O5S/c1-4-7-24-19(3)12-8-11(12)17(22)14(18(19)23)16(21)10-5-6-13(25)15(20)9(10)2/h1,5-6,11-12,14,20,25H,7-8H2,2-3H3. The minimum atomic E-state index is -1.42. The molecule has 2 aliphatic carbocycles. The fraction of sp³-hybridized carbons (Fsp3) is 0.421. The lowest BCUT2D eigenvalue weighted by molar-refractivity contribution is -0.155. The summed E-state index contributed by atoms with van der Waals surface area (Å²) in [5.74, 6) is -1.34. The molecule has 25 heavy (non-hydrogen) atoms. The number of ketones is 3. The molecule has 1 N–H and O–H groups in total. The molecule has 0 radical (unpaired) electrons. The number of hydrogen-bond acceptors (Lipinski definition) is 6. The van der Waals surface area contributed by atoms with Gasteiger partial charge in [0.25, 0.3) is 0 Å². The van der Waals surface area contributed by atoms with Gasteiger partial charge >= 0.3 is 0 Å². The van der Waals surface area contributed by atoms with E-state index in [2.05, 4.69) is 18.5 Å². The molecule has 2 fully saturated rings. The monoisotopic (exact) mass is 358 g/mol. The molecule has 130 valence electrons. The number of ether oxygens (including phenoxy) is 1. The summed E-state index contributed by atoms with van der Waals surface area (Å²) >= 11 is 4.10. The summed E-state index contributed by atoms with van der Waals surface area (Å²) in [6, 6.07) is 2.93. The molecule has 5 nitrogen and oxygen atoms in total. The highest BCUT2D eigenvalue weighted by Crippen LogP contribution is 2.55. The summed E-state index contributed by atoms with van der Waals surface area (Å²) in [5, 5.41) is 10.00. The molecule has 0 heterocycles. The Labute approximate surface area is 151 Å². The predicted octanol–water partition coefficient (Wildman–Crippen LogP) is 1.98. The maximum atomic E-state index is 13.0. The zero-order valence-corrected chi connectivity index (χ0v) is 14.8. The van der Waals surface area contributed by atoms with Crippen molar-refractivity contribution >= 4 is 30.0 Å². The van der Waals surface area contributed by atoms with Gasteiger partial charge in [-0.3, -0.25) is 14.4 Å². The number of carbonyl (C=O) groups is 3. The summed E-state index contributed by atoms with van der Waals surface area (Å²) in [6.07, 6.45) is 5.74. The molecule has 1 aromatic carbocycles. The molecule has 0 aromatic heterocycles. The van der Waals surface area contributed by atoms with Gasteiger partial charge in [0.15, 0.2) is 17.3 Å². The van der Waals surface area contributed by atoms with Crippen LogP contribution in [0.1, 0.15) is 29.3 Å². The topological polar surface area (TPSA) is 80.7 Å². The number of aromatic hydroxyl groups is 1. The number of benzene rings is 1. The lowest BCUT2D eigenvalue weighted by Crippen LogP contribution is -2.54. The van der Waals surface area contributed by atoms with Crippen LogP contribution >= 0.6 is 12.6 Å². The fourth-order valence-electron chi connectivity index (χ4n) is 3.66. The summed E-state index contributed by atoms with van der Waals surface area (Å²) in [7, 11) is 0. The highest BCUT2D eigenvalue weighted by atomic mass is 32.1. The summed E-state index contributed by atoms with van der Waals surface area (Å²) in [4.78, 5) is 38.8. The molecule has 1 aromatic rings. The van der Waals surface area contributed by atoms with Gasteiger partial charge in [0.1, 0.15) is 23.9 Å². The second kappa shape index (κ2) is 6.01. The van der Waals surface area contributed by atoms with Gasteiger partial charge < -0.3 is 9.84 Å². The molecule has 0 spiro atoms. The molecule has 6 heteroatoms. The van der Waals surface area contributed by atoms with Gasteiger partial charge in [-0.1, -0.05) is 5.92 Å². The van der Waals surface area contributed by atoms with E-state index >= 15 is 0 Å². The average Bonchev–Trinajstić information content (AvgIpc) is 3.38. The number of thiol groups is 1. The van der Waals surface area contributed by atoms with Gasteiger partial charge in [0.05, 0.1) is 0 Å². The predicted molar refractivity (Wildman–Crippen MR) is 92.7 cm³/mol. The first-order valence-electron chi connectivity index (χ1n) is 7.95. The van der Waals surface area contributed by atoms with Crippen LogP contribution in [-0.4, -0.2) is 34.7 Å². The van der Waals surface area contributed by atoms with Crippen LogP contribution in [0.3, 0.4) is 0 Å². The molecular weight excluding hydrogens is 340 g/mol. The Balaban J connectivity index is 2.00. The summed E-state index contributed by atoms with van der Waals surface area (Å²) < 4.78 is 5.57. The van der Waals surface area contributed by atoms with Gasteiger partial charge in [0, 0.05) is 27.9 Å². The van der Waals surface area contributed by atoms with Crippen LogP contribution in [0.25, 0.3) is 0 Å². The minimum Gasteiger partial charge on any atom is -0.506 e. The molecule has 2 aliphatic rings. The highest BCUT2D eigenvalue weighted by molar-refractivity contribution is 7.80. The van der Waals surface area contributed by atoms with Crippen molar-refractivity contribution in [1.29, 1.82) is 0 Å². The van der Waals surface area contributed by atoms with E-state index in [1.165, 1.54) is 12.1 Å². The third-order valence-electron chi connectivity index (χ3n) is 5.29. The first kappa shape index (κ1) is 17.7. The van der Waals surface area contributed by atoms with E-state index < -0.39 is 23.1 Å². The van der Waals surface area contributed by atoms with Crippen LogP contribution in [0.15, 0.2) is 17.0 Å². The van der Waals surface area contributed by atoms with Crippen LogP contribution < -0.4 is 0 Å². The van der Waals surface area contributed by atoms with Gasteiger partial charge in [-0.05, 0) is 32.4 Å². The van der Waals surface area contributed by atoms with Gasteiger partial charge in [-0.15, -0.1) is 19.1 Å². The van der Waals surface area contributed by atoms with E-state index in [-0.39, 0.29) is 35.5 Å². The largest absolute Gasteiger partial charge is 0.506 e. The van der Waals surface area contributed by atoms with Crippen LogP contribution in [0, 0.1) is 37.0 Å². The number of phenols is 1. The van der Waals surface area contributed by atoms with E-state index in [1.54, 1.807) is 13.8 Å². The number of carbonyl (C=O) groups excluding carboxylic acids is 3. The molecule has 4 atom stereocenters. The van der Waals surface area contributed by atoms with Crippen LogP contribution in [-0.2, 0) is 14.3 Å². The lowest BCUT2D eigenvalue weighted by atomic mass is 9.73. The summed E-state index contributed by atoms with van der Waals surface area (Å²) in [5.41, 5.74) is -0.798. The smallest absolute Gasteiger partial charge is 0.182 e. The Morgan fingerprint density at radius 2 is 2.16 bits per heavy atom. The first-order valence-corrected chi connectivity index (χ1v) is 8.40. The van der Waals surface area contributed by atoms with Crippen molar-refractivity contribution in [3.05, 3.63) is 23.3 Å². The number of Topliss-reactive ketones (excluding diaryl/α,β-unsaturated/α-hetero) is 3. The van der Waals surface area contributed by atoms with E-state index in [1.807, 2.05) is 0 Å². The Morgan fingerprint density at radius 1 is 1.48 bits per heavy atom. The third-order valence-corrected chi connectivity index (χ3v) is 5.65. The Hall–Kier alpha value is -2.10. The number of hydrogen-bond donors (Lipinski definition) is 2. The van der Waals surface area contributed by atoms with Crippen molar-refractivity contribution in [3.8, 4) is 18.1 Å². The quantitative estimate of drug-likeness (QED) is 0.372. The number of phenolic OH excluding ortho intramolecular Hbond substituents is 1. The van der Waals surface area contributed by atoms with Crippen molar-refractivity contribution in [2.24, 2.45) is 17.8 Å². The van der Waals surface area contributed by atoms with E-state index in [9.17, 15) is 19.5 Å². The number of rotatable bonds is 4. The first-order chi connectivity index (χ1) is 11.7. The van der Waals surface area contributed by atoms with E-state index in [0.29, 0.717) is 16.9 Å².